The van der Waals surface area contributed by atoms with Gasteiger partial charge in [-0.25, -0.2) is 0 Å². The summed E-state index contributed by atoms with van der Waals surface area (Å²) in [5.74, 6) is -0.100. The molecule has 1 heterocycles. The van der Waals surface area contributed by atoms with Crippen molar-refractivity contribution < 1.29 is 22.7 Å². The van der Waals surface area contributed by atoms with Crippen LogP contribution < -0.4 is 5.32 Å². The molecule has 144 valence electrons. The van der Waals surface area contributed by atoms with Crippen molar-refractivity contribution in [1.82, 2.24) is 10.2 Å². The SMILES string of the molecule is O=C(CC1COCCN1)N(Cc1ccccc1C(F)(F)F)C1CCCC1. The van der Waals surface area contributed by atoms with Gasteiger partial charge in [-0.3, -0.25) is 4.79 Å². The molecular weight excluding hydrogens is 345 g/mol. The van der Waals surface area contributed by atoms with Crippen molar-refractivity contribution in [1.29, 1.82) is 0 Å². The summed E-state index contributed by atoms with van der Waals surface area (Å²) in [6, 6.07) is 5.49. The van der Waals surface area contributed by atoms with Crippen LogP contribution in [-0.2, 0) is 22.3 Å². The van der Waals surface area contributed by atoms with Gasteiger partial charge in [0.1, 0.15) is 0 Å². The lowest BCUT2D eigenvalue weighted by Gasteiger charge is -2.32. The second-order valence-corrected chi connectivity index (χ2v) is 7.04. The van der Waals surface area contributed by atoms with Gasteiger partial charge in [0.25, 0.3) is 0 Å². The van der Waals surface area contributed by atoms with Crippen LogP contribution >= 0.6 is 0 Å². The molecule has 4 nitrogen and oxygen atoms in total. The second kappa shape index (κ2) is 8.39. The fourth-order valence-corrected chi connectivity index (χ4v) is 3.83. The zero-order chi connectivity index (χ0) is 18.6. The molecule has 26 heavy (non-hydrogen) atoms. The van der Waals surface area contributed by atoms with E-state index in [2.05, 4.69) is 5.32 Å². The summed E-state index contributed by atoms with van der Waals surface area (Å²) < 4.78 is 45.3. The highest BCUT2D eigenvalue weighted by molar-refractivity contribution is 5.77. The Kier molecular flexibility index (Phi) is 6.19. The molecule has 1 aliphatic heterocycles. The van der Waals surface area contributed by atoms with E-state index in [9.17, 15) is 18.0 Å². The van der Waals surface area contributed by atoms with E-state index in [1.165, 1.54) is 12.1 Å². The monoisotopic (exact) mass is 370 g/mol. The smallest absolute Gasteiger partial charge is 0.378 e. The van der Waals surface area contributed by atoms with Gasteiger partial charge in [-0.1, -0.05) is 31.0 Å². The predicted octanol–water partition coefficient (Wildman–Crippen LogP) is 3.36. The van der Waals surface area contributed by atoms with Gasteiger partial charge in [-0.05, 0) is 24.5 Å². The topological polar surface area (TPSA) is 41.6 Å². The lowest BCUT2D eigenvalue weighted by molar-refractivity contribution is -0.141. The number of halogens is 3. The molecule has 1 aromatic rings. The predicted molar refractivity (Wildman–Crippen MR) is 91.5 cm³/mol. The largest absolute Gasteiger partial charge is 0.416 e. The third kappa shape index (κ3) is 4.76. The van der Waals surface area contributed by atoms with Crippen molar-refractivity contribution in [2.45, 2.75) is 56.9 Å². The van der Waals surface area contributed by atoms with Gasteiger partial charge >= 0.3 is 6.18 Å². The first kappa shape index (κ1) is 19.2. The number of carbonyl (C=O) groups is 1. The quantitative estimate of drug-likeness (QED) is 0.864. The maximum absolute atomic E-state index is 13.3. The molecule has 1 saturated heterocycles. The number of hydrogen-bond acceptors (Lipinski definition) is 3. The van der Waals surface area contributed by atoms with Gasteiger partial charge in [0.2, 0.25) is 5.91 Å². The van der Waals surface area contributed by atoms with Crippen molar-refractivity contribution in [2.24, 2.45) is 0 Å². The van der Waals surface area contributed by atoms with E-state index in [0.29, 0.717) is 19.8 Å². The molecule has 2 aliphatic rings. The molecule has 1 aromatic carbocycles. The Morgan fingerprint density at radius 1 is 1.23 bits per heavy atom. The molecule has 1 N–H and O–H groups in total. The number of ether oxygens (including phenoxy) is 1. The molecule has 3 rings (SSSR count). The fraction of sp³-hybridized carbons (Fsp3) is 0.632. The zero-order valence-corrected chi connectivity index (χ0v) is 14.7. The molecule has 1 saturated carbocycles. The van der Waals surface area contributed by atoms with E-state index >= 15 is 0 Å². The Morgan fingerprint density at radius 2 is 1.96 bits per heavy atom. The summed E-state index contributed by atoms with van der Waals surface area (Å²) in [5, 5.41) is 3.24. The molecule has 0 radical (unpaired) electrons. The minimum absolute atomic E-state index is 0.00671. The minimum Gasteiger partial charge on any atom is -0.378 e. The standard InChI is InChI=1S/C19H25F3N2O2/c20-19(21,22)17-8-4-1-5-14(17)12-24(16-6-2-3-7-16)18(25)11-15-13-26-10-9-23-15/h1,4-5,8,15-16,23H,2-3,6-7,9-13H2. The summed E-state index contributed by atoms with van der Waals surface area (Å²) in [5.41, 5.74) is -0.497. The maximum atomic E-state index is 13.3. The summed E-state index contributed by atoms with van der Waals surface area (Å²) in [4.78, 5) is 14.6. The van der Waals surface area contributed by atoms with Crippen molar-refractivity contribution in [2.75, 3.05) is 19.8 Å². The van der Waals surface area contributed by atoms with Gasteiger partial charge < -0.3 is 15.0 Å². The van der Waals surface area contributed by atoms with Crippen LogP contribution in [0.2, 0.25) is 0 Å². The van der Waals surface area contributed by atoms with Crippen molar-refractivity contribution in [3.63, 3.8) is 0 Å². The van der Waals surface area contributed by atoms with Crippen molar-refractivity contribution >= 4 is 5.91 Å². The first-order chi connectivity index (χ1) is 12.4. The van der Waals surface area contributed by atoms with Crippen LogP contribution in [0.15, 0.2) is 24.3 Å². The third-order valence-corrected chi connectivity index (χ3v) is 5.17. The van der Waals surface area contributed by atoms with E-state index in [-0.39, 0.29) is 36.5 Å². The Hall–Kier alpha value is -1.60. The van der Waals surface area contributed by atoms with E-state index in [1.54, 1.807) is 11.0 Å². The van der Waals surface area contributed by atoms with E-state index in [0.717, 1.165) is 31.7 Å². The molecule has 7 heteroatoms. The third-order valence-electron chi connectivity index (χ3n) is 5.17. The molecule has 1 aliphatic carbocycles. The molecule has 2 fully saturated rings. The van der Waals surface area contributed by atoms with Gasteiger partial charge in [0.05, 0.1) is 18.8 Å². The summed E-state index contributed by atoms with van der Waals surface area (Å²) in [6.07, 6.45) is -0.423. The number of amides is 1. The number of hydrogen-bond donors (Lipinski definition) is 1. The average Bonchev–Trinajstić information content (AvgIpc) is 3.14. The molecular formula is C19H25F3N2O2. The number of morpholine rings is 1. The number of rotatable bonds is 5. The van der Waals surface area contributed by atoms with Crippen LogP contribution in [0.1, 0.15) is 43.2 Å². The van der Waals surface area contributed by atoms with Crippen LogP contribution in [0, 0.1) is 0 Å². The lowest BCUT2D eigenvalue weighted by atomic mass is 10.0. The highest BCUT2D eigenvalue weighted by atomic mass is 19.4. The first-order valence-electron chi connectivity index (χ1n) is 9.21. The van der Waals surface area contributed by atoms with E-state index < -0.39 is 11.7 Å². The van der Waals surface area contributed by atoms with Crippen LogP contribution in [0.25, 0.3) is 0 Å². The minimum atomic E-state index is -4.42. The summed E-state index contributed by atoms with van der Waals surface area (Å²) in [6.45, 7) is 1.78. The Morgan fingerprint density at radius 3 is 2.62 bits per heavy atom. The second-order valence-electron chi connectivity index (χ2n) is 7.04. The molecule has 1 atom stereocenters. The zero-order valence-electron chi connectivity index (χ0n) is 14.7. The molecule has 0 aromatic heterocycles. The van der Waals surface area contributed by atoms with Gasteiger partial charge in [0.15, 0.2) is 0 Å². The normalized spacial score (nSPS) is 21.7. The summed E-state index contributed by atoms with van der Waals surface area (Å²) >= 11 is 0. The number of alkyl halides is 3. The first-order valence-corrected chi connectivity index (χ1v) is 9.21. The Bertz CT molecular complexity index is 609. The molecule has 1 amide bonds. The highest BCUT2D eigenvalue weighted by Crippen LogP contribution is 2.34. The highest BCUT2D eigenvalue weighted by Gasteiger charge is 2.35. The lowest BCUT2D eigenvalue weighted by Crippen LogP contribution is -2.47. The maximum Gasteiger partial charge on any atom is 0.416 e. The van der Waals surface area contributed by atoms with Gasteiger partial charge in [-0.2, -0.15) is 13.2 Å². The molecule has 1 unspecified atom stereocenters. The number of carbonyl (C=O) groups excluding carboxylic acids is 1. The van der Waals surface area contributed by atoms with Gasteiger partial charge in [-0.15, -0.1) is 0 Å². The fourth-order valence-electron chi connectivity index (χ4n) is 3.83. The van der Waals surface area contributed by atoms with Crippen LogP contribution in [0.5, 0.6) is 0 Å². The van der Waals surface area contributed by atoms with E-state index in [1.807, 2.05) is 0 Å². The number of nitrogens with zero attached hydrogens (tertiary/aromatic N) is 1. The Labute approximate surface area is 151 Å². The average molecular weight is 370 g/mol. The molecule has 0 bridgehead atoms. The van der Waals surface area contributed by atoms with Crippen LogP contribution in [0.3, 0.4) is 0 Å². The van der Waals surface area contributed by atoms with Crippen LogP contribution in [-0.4, -0.2) is 42.6 Å². The number of benzene rings is 1. The molecule has 0 spiro atoms. The summed E-state index contributed by atoms with van der Waals surface area (Å²) in [7, 11) is 0. The van der Waals surface area contributed by atoms with E-state index in [4.69, 9.17) is 4.74 Å². The van der Waals surface area contributed by atoms with Gasteiger partial charge in [0, 0.05) is 31.6 Å². The number of nitrogens with one attached hydrogen (secondary N) is 1. The Balaban J connectivity index is 1.77. The van der Waals surface area contributed by atoms with Crippen molar-refractivity contribution in [3.05, 3.63) is 35.4 Å². The van der Waals surface area contributed by atoms with Crippen LogP contribution in [0.4, 0.5) is 13.2 Å². The van der Waals surface area contributed by atoms with Crippen molar-refractivity contribution in [3.8, 4) is 0 Å².